The van der Waals surface area contributed by atoms with Crippen molar-refractivity contribution in [1.29, 1.82) is 0 Å². The van der Waals surface area contributed by atoms with Gasteiger partial charge in [0.15, 0.2) is 5.76 Å². The number of piperazine rings is 1. The third kappa shape index (κ3) is 5.17. The first-order valence-electron chi connectivity index (χ1n) is 9.97. The number of rotatable bonds is 6. The van der Waals surface area contributed by atoms with Gasteiger partial charge in [0.1, 0.15) is 11.6 Å². The molecule has 0 spiro atoms. The maximum absolute atomic E-state index is 14.0. The molecule has 3 aromatic rings. The predicted molar refractivity (Wildman–Crippen MR) is 120 cm³/mol. The van der Waals surface area contributed by atoms with Crippen LogP contribution in [0.25, 0.3) is 0 Å². The summed E-state index contributed by atoms with van der Waals surface area (Å²) in [7, 11) is -1.21. The number of hydrogen-bond donors (Lipinski definition) is 0. The summed E-state index contributed by atoms with van der Waals surface area (Å²) >= 11 is 6.13. The number of hydrogen-bond acceptors (Lipinski definition) is 4. The van der Waals surface area contributed by atoms with Gasteiger partial charge < -0.3 is 14.2 Å². The van der Waals surface area contributed by atoms with Gasteiger partial charge in [-0.1, -0.05) is 41.9 Å². The fraction of sp³-hybridized carbons (Fsp3) is 0.261. The molecular weight excluding hydrogens is 439 g/mol. The Bertz CT molecular complexity index is 1100. The number of carbonyl (C=O) groups excluding carboxylic acids is 1. The molecule has 2 heterocycles. The van der Waals surface area contributed by atoms with Gasteiger partial charge in [0.25, 0.3) is 5.91 Å². The molecule has 8 heteroatoms. The van der Waals surface area contributed by atoms with Crippen LogP contribution in [0.4, 0.5) is 10.1 Å². The van der Waals surface area contributed by atoms with Crippen molar-refractivity contribution in [3.8, 4) is 0 Å². The van der Waals surface area contributed by atoms with Crippen molar-refractivity contribution in [2.75, 3.05) is 31.1 Å². The number of benzene rings is 2. The molecule has 0 saturated carbocycles. The molecule has 1 aliphatic rings. The largest absolute Gasteiger partial charge is 0.455 e. The number of para-hydroxylation sites is 1. The van der Waals surface area contributed by atoms with Crippen molar-refractivity contribution in [3.05, 3.63) is 88.6 Å². The molecule has 1 aromatic heterocycles. The lowest BCUT2D eigenvalue weighted by Gasteiger charge is -2.35. The topological polar surface area (TPSA) is 53.8 Å². The average molecular weight is 461 g/mol. The molecule has 1 unspecified atom stereocenters. The highest BCUT2D eigenvalue weighted by molar-refractivity contribution is 7.83. The summed E-state index contributed by atoms with van der Waals surface area (Å²) in [5.41, 5.74) is 1.37. The summed E-state index contributed by atoms with van der Waals surface area (Å²) in [6.07, 6.45) is 0. The molecule has 162 valence electrons. The summed E-state index contributed by atoms with van der Waals surface area (Å²) in [5.74, 6) is 0.781. The number of carbonyl (C=O) groups is 1. The SMILES string of the molecule is O=C(c1ccc(CS(=O)Cc2ccccc2Cl)o1)N1CCN(c2ccccc2F)CC1. The second-order valence-electron chi connectivity index (χ2n) is 7.32. The van der Waals surface area contributed by atoms with Gasteiger partial charge in [0, 0.05) is 42.0 Å². The van der Waals surface area contributed by atoms with Crippen LogP contribution in [-0.2, 0) is 22.3 Å². The van der Waals surface area contributed by atoms with Crippen molar-refractivity contribution in [1.82, 2.24) is 4.90 Å². The Kier molecular flexibility index (Phi) is 6.73. The third-order valence-electron chi connectivity index (χ3n) is 5.21. The van der Waals surface area contributed by atoms with Crippen LogP contribution in [0, 0.1) is 5.82 Å². The van der Waals surface area contributed by atoms with Gasteiger partial charge in [-0.25, -0.2) is 4.39 Å². The molecule has 1 saturated heterocycles. The zero-order chi connectivity index (χ0) is 21.8. The molecule has 4 rings (SSSR count). The standard InChI is InChI=1S/C23H22ClFN2O3S/c24-19-6-2-1-5-17(19)15-31(29)16-18-9-10-22(30-18)23(28)27-13-11-26(12-14-27)21-8-4-3-7-20(21)25/h1-10H,11-16H2. The van der Waals surface area contributed by atoms with Gasteiger partial charge in [-0.3, -0.25) is 9.00 Å². The van der Waals surface area contributed by atoms with E-state index in [2.05, 4.69) is 0 Å². The van der Waals surface area contributed by atoms with E-state index in [0.29, 0.717) is 48.4 Å². The monoisotopic (exact) mass is 460 g/mol. The van der Waals surface area contributed by atoms with Crippen LogP contribution in [0.3, 0.4) is 0 Å². The van der Waals surface area contributed by atoms with Crippen molar-refractivity contribution < 1.29 is 17.8 Å². The lowest BCUT2D eigenvalue weighted by Crippen LogP contribution is -2.49. The van der Waals surface area contributed by atoms with E-state index in [9.17, 15) is 13.4 Å². The molecule has 0 aliphatic carbocycles. The summed E-state index contributed by atoms with van der Waals surface area (Å²) < 4.78 is 32.1. The Morgan fingerprint density at radius 2 is 1.68 bits per heavy atom. The summed E-state index contributed by atoms with van der Waals surface area (Å²) in [6.45, 7) is 2.04. The number of amides is 1. The number of furan rings is 1. The summed E-state index contributed by atoms with van der Waals surface area (Å²) in [5, 5.41) is 0.584. The molecule has 1 fully saturated rings. The van der Waals surface area contributed by atoms with Crippen LogP contribution in [0.5, 0.6) is 0 Å². The first kappa shape index (κ1) is 21.6. The maximum Gasteiger partial charge on any atom is 0.289 e. The van der Waals surface area contributed by atoms with E-state index in [4.69, 9.17) is 16.0 Å². The fourth-order valence-corrected chi connectivity index (χ4v) is 5.04. The van der Waals surface area contributed by atoms with E-state index in [1.165, 1.54) is 6.07 Å². The van der Waals surface area contributed by atoms with E-state index in [1.54, 1.807) is 41.3 Å². The zero-order valence-corrected chi connectivity index (χ0v) is 18.4. The quantitative estimate of drug-likeness (QED) is 0.544. The van der Waals surface area contributed by atoms with Gasteiger partial charge in [0.05, 0.1) is 17.2 Å². The van der Waals surface area contributed by atoms with Crippen LogP contribution < -0.4 is 4.90 Å². The first-order valence-corrected chi connectivity index (χ1v) is 11.8. The van der Waals surface area contributed by atoms with Crippen molar-refractivity contribution in [2.45, 2.75) is 11.5 Å². The average Bonchev–Trinajstić information content (AvgIpc) is 3.24. The Morgan fingerprint density at radius 3 is 2.42 bits per heavy atom. The van der Waals surface area contributed by atoms with E-state index in [-0.39, 0.29) is 23.2 Å². The summed E-state index contributed by atoms with van der Waals surface area (Å²) in [6, 6.07) is 17.2. The highest BCUT2D eigenvalue weighted by Gasteiger charge is 2.25. The highest BCUT2D eigenvalue weighted by Crippen LogP contribution is 2.22. The number of halogens is 2. The number of anilines is 1. The molecule has 0 N–H and O–H groups in total. The first-order chi connectivity index (χ1) is 15.0. The molecule has 1 atom stereocenters. The number of nitrogens with zero attached hydrogens (tertiary/aromatic N) is 2. The molecule has 2 aromatic carbocycles. The third-order valence-corrected chi connectivity index (χ3v) is 6.82. The van der Waals surface area contributed by atoms with Gasteiger partial charge >= 0.3 is 0 Å². The Balaban J connectivity index is 1.33. The minimum Gasteiger partial charge on any atom is -0.455 e. The van der Waals surface area contributed by atoms with Gasteiger partial charge in [-0.15, -0.1) is 0 Å². The van der Waals surface area contributed by atoms with Crippen LogP contribution >= 0.6 is 11.6 Å². The van der Waals surface area contributed by atoms with Crippen LogP contribution in [0.1, 0.15) is 21.9 Å². The minimum absolute atomic E-state index is 0.208. The minimum atomic E-state index is -1.21. The van der Waals surface area contributed by atoms with Crippen LogP contribution in [0.15, 0.2) is 65.1 Å². The van der Waals surface area contributed by atoms with E-state index in [0.717, 1.165) is 5.56 Å². The van der Waals surface area contributed by atoms with Crippen molar-refractivity contribution in [2.24, 2.45) is 0 Å². The Hall–Kier alpha value is -2.64. The summed E-state index contributed by atoms with van der Waals surface area (Å²) in [4.78, 5) is 16.4. The molecule has 1 aliphatic heterocycles. The lowest BCUT2D eigenvalue weighted by atomic mass is 10.2. The van der Waals surface area contributed by atoms with Gasteiger partial charge in [-0.2, -0.15) is 0 Å². The Morgan fingerprint density at radius 1 is 0.968 bits per heavy atom. The predicted octanol–water partition coefficient (Wildman–Crippen LogP) is 4.48. The zero-order valence-electron chi connectivity index (χ0n) is 16.8. The Labute approximate surface area is 187 Å². The normalized spacial score (nSPS) is 15.2. The smallest absolute Gasteiger partial charge is 0.289 e. The van der Waals surface area contributed by atoms with Gasteiger partial charge in [0.2, 0.25) is 0 Å². The fourth-order valence-electron chi connectivity index (χ4n) is 3.58. The lowest BCUT2D eigenvalue weighted by molar-refractivity contribution is 0.0713. The molecule has 1 amide bonds. The van der Waals surface area contributed by atoms with E-state index < -0.39 is 10.8 Å². The molecule has 31 heavy (non-hydrogen) atoms. The molecule has 5 nitrogen and oxygen atoms in total. The van der Waals surface area contributed by atoms with Crippen LogP contribution in [-0.4, -0.2) is 41.2 Å². The maximum atomic E-state index is 14.0. The van der Waals surface area contributed by atoms with E-state index >= 15 is 0 Å². The molecule has 0 radical (unpaired) electrons. The highest BCUT2D eigenvalue weighted by atomic mass is 35.5. The van der Waals surface area contributed by atoms with Gasteiger partial charge in [-0.05, 0) is 35.9 Å². The van der Waals surface area contributed by atoms with Crippen LogP contribution in [0.2, 0.25) is 5.02 Å². The van der Waals surface area contributed by atoms with Crippen molar-refractivity contribution in [3.63, 3.8) is 0 Å². The second kappa shape index (κ2) is 9.66. The van der Waals surface area contributed by atoms with Crippen molar-refractivity contribution >= 4 is 34.0 Å². The molecule has 0 bridgehead atoms. The molecular formula is C23H22ClFN2O3S. The van der Waals surface area contributed by atoms with E-state index in [1.807, 2.05) is 23.1 Å². The second-order valence-corrected chi connectivity index (χ2v) is 9.18.